The minimum absolute atomic E-state index is 0.115. The van der Waals surface area contributed by atoms with Crippen molar-refractivity contribution in [2.45, 2.75) is 19.4 Å². The molecule has 0 aliphatic heterocycles. The van der Waals surface area contributed by atoms with Crippen molar-refractivity contribution in [1.82, 2.24) is 4.98 Å². The van der Waals surface area contributed by atoms with Crippen LogP contribution in [0.2, 0.25) is 0 Å². The third-order valence-corrected chi connectivity index (χ3v) is 1.99. The van der Waals surface area contributed by atoms with E-state index in [2.05, 4.69) is 4.98 Å². The molecule has 0 spiro atoms. The van der Waals surface area contributed by atoms with Gasteiger partial charge in [-0.3, -0.25) is 9.78 Å². The summed E-state index contributed by atoms with van der Waals surface area (Å²) in [6, 6.07) is 0. The van der Waals surface area contributed by atoms with Crippen LogP contribution in [0.5, 0.6) is 0 Å². The van der Waals surface area contributed by atoms with Gasteiger partial charge in [-0.25, -0.2) is 13.2 Å². The largest absolute Gasteiger partial charge is 0.481 e. The molecule has 0 atom stereocenters. The molecule has 0 saturated heterocycles. The monoisotopic (exact) mass is 234 g/mol. The number of aromatic nitrogens is 1. The second-order valence-corrected chi connectivity index (χ2v) is 3.04. The van der Waals surface area contributed by atoms with E-state index in [1.165, 1.54) is 0 Å². The van der Waals surface area contributed by atoms with Crippen LogP contribution < -0.4 is 5.73 Å². The Labute approximate surface area is 88.9 Å². The lowest BCUT2D eigenvalue weighted by atomic mass is 10.0. The van der Waals surface area contributed by atoms with Crippen molar-refractivity contribution in [1.29, 1.82) is 0 Å². The lowest BCUT2D eigenvalue weighted by molar-refractivity contribution is -0.136. The molecule has 0 aliphatic carbocycles. The number of carboxylic acids is 1. The minimum atomic E-state index is -3.08. The molecular weight excluding hydrogens is 225 g/mol. The molecule has 7 heteroatoms. The first-order valence-corrected chi connectivity index (χ1v) is 4.33. The maximum atomic E-state index is 13.5. The van der Waals surface area contributed by atoms with Gasteiger partial charge in [0.05, 0.1) is 6.42 Å². The summed E-state index contributed by atoms with van der Waals surface area (Å²) in [4.78, 5) is 13.7. The summed E-state index contributed by atoms with van der Waals surface area (Å²) >= 11 is 0. The Balaban J connectivity index is 3.28. The van der Waals surface area contributed by atoms with Gasteiger partial charge in [0, 0.05) is 18.3 Å². The Bertz CT molecular complexity index is 410. The average molecular weight is 234 g/mol. The van der Waals surface area contributed by atoms with Crippen molar-refractivity contribution in [3.05, 3.63) is 28.8 Å². The topological polar surface area (TPSA) is 76.2 Å². The van der Waals surface area contributed by atoms with Crippen LogP contribution in [0.25, 0.3) is 0 Å². The van der Waals surface area contributed by atoms with Crippen LogP contribution in [0, 0.1) is 5.82 Å². The van der Waals surface area contributed by atoms with Crippen molar-refractivity contribution < 1.29 is 23.1 Å². The summed E-state index contributed by atoms with van der Waals surface area (Å²) in [5.74, 6) is -2.61. The highest BCUT2D eigenvalue weighted by atomic mass is 19.3. The molecule has 0 aromatic carbocycles. The third kappa shape index (κ3) is 2.48. The zero-order valence-electron chi connectivity index (χ0n) is 8.08. The molecular formula is C9H9F3N2O2. The number of aliphatic carboxylic acids is 1. The number of carbonyl (C=O) groups is 1. The van der Waals surface area contributed by atoms with Gasteiger partial charge in [0.25, 0.3) is 6.43 Å². The van der Waals surface area contributed by atoms with E-state index < -0.39 is 30.3 Å². The number of alkyl halides is 2. The maximum absolute atomic E-state index is 13.5. The first kappa shape index (κ1) is 12.4. The summed E-state index contributed by atoms with van der Waals surface area (Å²) in [7, 11) is 0. The van der Waals surface area contributed by atoms with Crippen LogP contribution in [-0.4, -0.2) is 16.1 Å². The number of pyridine rings is 1. The van der Waals surface area contributed by atoms with E-state index >= 15 is 0 Å². The summed E-state index contributed by atoms with van der Waals surface area (Å²) in [5.41, 5.74) is 3.97. The number of rotatable bonds is 4. The van der Waals surface area contributed by atoms with Gasteiger partial charge in [-0.2, -0.15) is 0 Å². The normalized spacial score (nSPS) is 10.8. The van der Waals surface area contributed by atoms with Crippen LogP contribution >= 0.6 is 0 Å². The standard InChI is InChI=1S/C9H9F3N2O2/c10-7-5(1-6(15)16)4(2-13)3-14-8(7)9(11)12/h3,9H,1-2,13H2,(H,15,16). The van der Waals surface area contributed by atoms with E-state index in [4.69, 9.17) is 10.8 Å². The molecule has 1 heterocycles. The van der Waals surface area contributed by atoms with Crippen molar-refractivity contribution >= 4 is 5.97 Å². The number of nitrogens with two attached hydrogens (primary N) is 1. The lowest BCUT2D eigenvalue weighted by Crippen LogP contribution is -2.12. The zero-order chi connectivity index (χ0) is 12.3. The molecule has 3 N–H and O–H groups in total. The molecule has 0 amide bonds. The second kappa shape index (κ2) is 4.93. The van der Waals surface area contributed by atoms with Crippen LogP contribution in [0.1, 0.15) is 23.2 Å². The van der Waals surface area contributed by atoms with Crippen molar-refractivity contribution in [3.8, 4) is 0 Å². The molecule has 1 aromatic heterocycles. The highest BCUT2D eigenvalue weighted by Crippen LogP contribution is 2.24. The Hall–Kier alpha value is -1.63. The fourth-order valence-corrected chi connectivity index (χ4v) is 1.25. The SMILES string of the molecule is NCc1cnc(C(F)F)c(F)c1CC(=O)O. The van der Waals surface area contributed by atoms with Crippen LogP contribution in [0.4, 0.5) is 13.2 Å². The van der Waals surface area contributed by atoms with Crippen molar-refractivity contribution in [2.75, 3.05) is 0 Å². The smallest absolute Gasteiger partial charge is 0.307 e. The number of hydrogen-bond acceptors (Lipinski definition) is 3. The first-order chi connectivity index (χ1) is 7.47. The van der Waals surface area contributed by atoms with Gasteiger partial charge in [-0.1, -0.05) is 0 Å². The molecule has 0 unspecified atom stereocenters. The van der Waals surface area contributed by atoms with Crippen LogP contribution in [0.15, 0.2) is 6.20 Å². The maximum Gasteiger partial charge on any atom is 0.307 e. The van der Waals surface area contributed by atoms with Gasteiger partial charge >= 0.3 is 5.97 Å². The van der Waals surface area contributed by atoms with Crippen molar-refractivity contribution in [3.63, 3.8) is 0 Å². The Morgan fingerprint density at radius 3 is 2.62 bits per heavy atom. The minimum Gasteiger partial charge on any atom is -0.481 e. The third-order valence-electron chi connectivity index (χ3n) is 1.99. The molecule has 88 valence electrons. The van der Waals surface area contributed by atoms with Gasteiger partial charge < -0.3 is 10.8 Å². The predicted molar refractivity (Wildman–Crippen MR) is 48.4 cm³/mol. The quantitative estimate of drug-likeness (QED) is 0.821. The van der Waals surface area contributed by atoms with Gasteiger partial charge in [0.1, 0.15) is 5.69 Å². The molecule has 1 aromatic rings. The van der Waals surface area contributed by atoms with E-state index in [-0.39, 0.29) is 17.7 Å². The van der Waals surface area contributed by atoms with E-state index in [0.717, 1.165) is 6.20 Å². The summed E-state index contributed by atoms with van der Waals surface area (Å²) in [5, 5.41) is 8.53. The zero-order valence-corrected chi connectivity index (χ0v) is 8.08. The molecule has 0 fully saturated rings. The van der Waals surface area contributed by atoms with Gasteiger partial charge in [0.2, 0.25) is 0 Å². The molecule has 0 aliphatic rings. The van der Waals surface area contributed by atoms with Gasteiger partial charge in [0.15, 0.2) is 5.82 Å². The molecule has 0 radical (unpaired) electrons. The van der Waals surface area contributed by atoms with Crippen molar-refractivity contribution in [2.24, 2.45) is 5.73 Å². The van der Waals surface area contributed by atoms with Gasteiger partial charge in [-0.05, 0) is 5.56 Å². The highest BCUT2D eigenvalue weighted by molar-refractivity contribution is 5.70. The fourth-order valence-electron chi connectivity index (χ4n) is 1.25. The number of nitrogens with zero attached hydrogens (tertiary/aromatic N) is 1. The highest BCUT2D eigenvalue weighted by Gasteiger charge is 2.21. The molecule has 0 saturated carbocycles. The van der Waals surface area contributed by atoms with Crippen LogP contribution in [-0.2, 0) is 17.8 Å². The Morgan fingerprint density at radius 2 is 2.19 bits per heavy atom. The Kier molecular flexibility index (Phi) is 3.83. The van der Waals surface area contributed by atoms with Crippen LogP contribution in [0.3, 0.4) is 0 Å². The predicted octanol–water partition coefficient (Wildman–Crippen LogP) is 1.24. The first-order valence-electron chi connectivity index (χ1n) is 4.33. The van der Waals surface area contributed by atoms with E-state index in [9.17, 15) is 18.0 Å². The molecule has 1 rings (SSSR count). The second-order valence-electron chi connectivity index (χ2n) is 3.04. The summed E-state index contributed by atoms with van der Waals surface area (Å²) in [6.07, 6.45) is -2.80. The average Bonchev–Trinajstić information content (AvgIpc) is 2.19. The fraction of sp³-hybridized carbons (Fsp3) is 0.333. The Morgan fingerprint density at radius 1 is 1.56 bits per heavy atom. The number of carboxylic acid groups (broad SMARTS) is 1. The van der Waals surface area contributed by atoms with Gasteiger partial charge in [-0.15, -0.1) is 0 Å². The number of hydrogen-bond donors (Lipinski definition) is 2. The van der Waals surface area contributed by atoms with E-state index in [0.29, 0.717) is 0 Å². The molecule has 4 nitrogen and oxygen atoms in total. The number of halogens is 3. The lowest BCUT2D eigenvalue weighted by Gasteiger charge is -2.09. The van der Waals surface area contributed by atoms with E-state index in [1.807, 2.05) is 0 Å². The summed E-state index contributed by atoms with van der Waals surface area (Å²) in [6.45, 7) is -0.157. The molecule has 0 bridgehead atoms. The summed E-state index contributed by atoms with van der Waals surface area (Å²) < 4.78 is 38.1. The molecule has 16 heavy (non-hydrogen) atoms. The van der Waals surface area contributed by atoms with E-state index in [1.54, 1.807) is 0 Å².